The molecule has 0 unspecified atom stereocenters. The Hall–Kier alpha value is -1.10. The largest absolute Gasteiger partial charge is 0.355 e. The van der Waals surface area contributed by atoms with Crippen molar-refractivity contribution in [2.24, 2.45) is 11.1 Å². The molecule has 5 heteroatoms. The standard InChI is InChI=1S/C11H19N3O2/c12-7-11(4-5-11)10(16)13-6-3-9(15)14-8-1-2-8/h8H,1-7,12H2,(H,13,16)(H,14,15). The molecule has 0 aromatic rings. The summed E-state index contributed by atoms with van der Waals surface area (Å²) in [5, 5.41) is 5.66. The first-order chi connectivity index (χ1) is 7.66. The molecule has 2 aliphatic rings. The van der Waals surface area contributed by atoms with E-state index < -0.39 is 0 Å². The van der Waals surface area contributed by atoms with Crippen LogP contribution in [0.2, 0.25) is 0 Å². The van der Waals surface area contributed by atoms with Crippen molar-refractivity contribution in [3.63, 3.8) is 0 Å². The van der Waals surface area contributed by atoms with E-state index in [0.29, 0.717) is 25.6 Å². The van der Waals surface area contributed by atoms with Gasteiger partial charge in [-0.05, 0) is 25.7 Å². The summed E-state index contributed by atoms with van der Waals surface area (Å²) >= 11 is 0. The average Bonchev–Trinajstić information content (AvgIpc) is 3.13. The van der Waals surface area contributed by atoms with Crippen molar-refractivity contribution in [2.45, 2.75) is 38.1 Å². The highest BCUT2D eigenvalue weighted by molar-refractivity contribution is 5.86. The van der Waals surface area contributed by atoms with Gasteiger partial charge in [0.1, 0.15) is 0 Å². The minimum atomic E-state index is -0.313. The topological polar surface area (TPSA) is 84.2 Å². The van der Waals surface area contributed by atoms with Crippen molar-refractivity contribution < 1.29 is 9.59 Å². The number of nitrogens with two attached hydrogens (primary N) is 1. The Morgan fingerprint density at radius 1 is 1.31 bits per heavy atom. The number of hydrogen-bond acceptors (Lipinski definition) is 3. The molecule has 2 aliphatic carbocycles. The summed E-state index contributed by atoms with van der Waals surface area (Å²) in [7, 11) is 0. The van der Waals surface area contributed by atoms with E-state index in [1.165, 1.54) is 0 Å². The zero-order valence-electron chi connectivity index (χ0n) is 9.42. The highest BCUT2D eigenvalue weighted by Crippen LogP contribution is 2.44. The van der Waals surface area contributed by atoms with Gasteiger partial charge in [-0.25, -0.2) is 0 Å². The monoisotopic (exact) mass is 225 g/mol. The fourth-order valence-electron chi connectivity index (χ4n) is 1.68. The van der Waals surface area contributed by atoms with E-state index in [2.05, 4.69) is 10.6 Å². The number of rotatable bonds is 6. The minimum Gasteiger partial charge on any atom is -0.355 e. The van der Waals surface area contributed by atoms with Crippen LogP contribution in [0.3, 0.4) is 0 Å². The van der Waals surface area contributed by atoms with Crippen LogP contribution in [0, 0.1) is 5.41 Å². The van der Waals surface area contributed by atoms with Crippen molar-refractivity contribution in [3.05, 3.63) is 0 Å². The van der Waals surface area contributed by atoms with Gasteiger partial charge in [-0.1, -0.05) is 0 Å². The molecule has 0 aromatic heterocycles. The quantitative estimate of drug-likeness (QED) is 0.570. The molecule has 0 aliphatic heterocycles. The van der Waals surface area contributed by atoms with Gasteiger partial charge in [0.2, 0.25) is 11.8 Å². The van der Waals surface area contributed by atoms with E-state index >= 15 is 0 Å². The maximum Gasteiger partial charge on any atom is 0.227 e. The van der Waals surface area contributed by atoms with Crippen molar-refractivity contribution in [1.29, 1.82) is 0 Å². The van der Waals surface area contributed by atoms with E-state index in [9.17, 15) is 9.59 Å². The van der Waals surface area contributed by atoms with Crippen molar-refractivity contribution in [3.8, 4) is 0 Å². The molecule has 2 fully saturated rings. The van der Waals surface area contributed by atoms with Crippen molar-refractivity contribution in [2.75, 3.05) is 13.1 Å². The lowest BCUT2D eigenvalue weighted by atomic mass is 10.1. The third-order valence-electron chi connectivity index (χ3n) is 3.31. The summed E-state index contributed by atoms with van der Waals surface area (Å²) < 4.78 is 0. The smallest absolute Gasteiger partial charge is 0.227 e. The Balaban J connectivity index is 1.60. The van der Waals surface area contributed by atoms with Crippen LogP contribution in [-0.4, -0.2) is 30.9 Å². The van der Waals surface area contributed by atoms with E-state index in [1.54, 1.807) is 0 Å². The molecular formula is C11H19N3O2. The SMILES string of the molecule is NCC1(C(=O)NCCC(=O)NC2CC2)CC1. The van der Waals surface area contributed by atoms with Crippen LogP contribution in [0.25, 0.3) is 0 Å². The molecule has 5 nitrogen and oxygen atoms in total. The molecule has 0 radical (unpaired) electrons. The molecular weight excluding hydrogens is 206 g/mol. The molecule has 0 bridgehead atoms. The zero-order valence-corrected chi connectivity index (χ0v) is 9.42. The first kappa shape index (κ1) is 11.4. The second kappa shape index (κ2) is 4.41. The van der Waals surface area contributed by atoms with Crippen LogP contribution < -0.4 is 16.4 Å². The van der Waals surface area contributed by atoms with Crippen molar-refractivity contribution >= 4 is 11.8 Å². The molecule has 2 rings (SSSR count). The zero-order chi connectivity index (χ0) is 11.6. The number of amides is 2. The molecule has 0 aromatic carbocycles. The van der Waals surface area contributed by atoms with Gasteiger partial charge in [0, 0.05) is 25.6 Å². The van der Waals surface area contributed by atoms with Gasteiger partial charge in [-0.2, -0.15) is 0 Å². The van der Waals surface area contributed by atoms with Crippen LogP contribution in [0.1, 0.15) is 32.1 Å². The summed E-state index contributed by atoms with van der Waals surface area (Å²) in [6, 6.07) is 0.391. The minimum absolute atomic E-state index is 0.00854. The first-order valence-electron chi connectivity index (χ1n) is 5.94. The molecule has 0 heterocycles. The van der Waals surface area contributed by atoms with Crippen LogP contribution in [-0.2, 0) is 9.59 Å². The number of nitrogens with one attached hydrogen (secondary N) is 2. The highest BCUT2D eigenvalue weighted by atomic mass is 16.2. The Morgan fingerprint density at radius 2 is 2.00 bits per heavy atom. The van der Waals surface area contributed by atoms with E-state index in [4.69, 9.17) is 5.73 Å². The summed E-state index contributed by atoms with van der Waals surface area (Å²) in [5.74, 6) is 0.0367. The van der Waals surface area contributed by atoms with Gasteiger partial charge in [0.15, 0.2) is 0 Å². The van der Waals surface area contributed by atoms with Gasteiger partial charge < -0.3 is 16.4 Å². The lowest BCUT2D eigenvalue weighted by molar-refractivity contribution is -0.126. The summed E-state index contributed by atoms with van der Waals surface area (Å²) in [5.41, 5.74) is 5.22. The second-order valence-electron chi connectivity index (χ2n) is 4.83. The van der Waals surface area contributed by atoms with E-state index in [-0.39, 0.29) is 17.2 Å². The van der Waals surface area contributed by atoms with Gasteiger partial charge in [-0.15, -0.1) is 0 Å². The lowest BCUT2D eigenvalue weighted by Crippen LogP contribution is -2.38. The number of hydrogen-bond donors (Lipinski definition) is 3. The predicted octanol–water partition coefficient (Wildman–Crippen LogP) is -0.490. The van der Waals surface area contributed by atoms with Crippen LogP contribution >= 0.6 is 0 Å². The maximum atomic E-state index is 11.7. The average molecular weight is 225 g/mol. The first-order valence-corrected chi connectivity index (χ1v) is 5.94. The molecule has 0 saturated heterocycles. The molecule has 16 heavy (non-hydrogen) atoms. The summed E-state index contributed by atoms with van der Waals surface area (Å²) in [6.07, 6.45) is 4.30. The molecule has 2 amide bonds. The Bertz CT molecular complexity index is 296. The van der Waals surface area contributed by atoms with Gasteiger partial charge in [0.25, 0.3) is 0 Å². The Labute approximate surface area is 95.1 Å². The van der Waals surface area contributed by atoms with E-state index in [0.717, 1.165) is 25.7 Å². The van der Waals surface area contributed by atoms with Gasteiger partial charge >= 0.3 is 0 Å². The third-order valence-corrected chi connectivity index (χ3v) is 3.31. The summed E-state index contributed by atoms with van der Waals surface area (Å²) in [4.78, 5) is 23.0. The molecule has 0 atom stereocenters. The Morgan fingerprint density at radius 3 is 2.50 bits per heavy atom. The maximum absolute atomic E-state index is 11.7. The van der Waals surface area contributed by atoms with Crippen LogP contribution in [0.4, 0.5) is 0 Å². The molecule has 4 N–H and O–H groups in total. The lowest BCUT2D eigenvalue weighted by Gasteiger charge is -2.12. The fraction of sp³-hybridized carbons (Fsp3) is 0.818. The normalized spacial score (nSPS) is 21.3. The molecule has 0 spiro atoms. The highest BCUT2D eigenvalue weighted by Gasteiger charge is 2.48. The predicted molar refractivity (Wildman–Crippen MR) is 59.5 cm³/mol. The fourth-order valence-corrected chi connectivity index (χ4v) is 1.68. The summed E-state index contributed by atoms with van der Waals surface area (Å²) in [6.45, 7) is 0.826. The van der Waals surface area contributed by atoms with Crippen molar-refractivity contribution in [1.82, 2.24) is 10.6 Å². The van der Waals surface area contributed by atoms with Gasteiger partial charge in [-0.3, -0.25) is 9.59 Å². The van der Waals surface area contributed by atoms with E-state index in [1.807, 2.05) is 0 Å². The molecule has 2 saturated carbocycles. The van der Waals surface area contributed by atoms with Crippen LogP contribution in [0.5, 0.6) is 0 Å². The Kier molecular flexibility index (Phi) is 3.14. The van der Waals surface area contributed by atoms with Crippen LogP contribution in [0.15, 0.2) is 0 Å². The number of carbonyl (C=O) groups is 2. The second-order valence-corrected chi connectivity index (χ2v) is 4.83. The van der Waals surface area contributed by atoms with Gasteiger partial charge in [0.05, 0.1) is 5.41 Å². The molecule has 90 valence electrons. The third kappa shape index (κ3) is 2.72. The number of carbonyl (C=O) groups excluding carboxylic acids is 2.